The molecule has 5 rings (SSSR count). The van der Waals surface area contributed by atoms with Crippen LogP contribution >= 0.6 is 23.1 Å². The standard InChI is InChI=1S/C29H29N3O5S2/c1-17(33)32-14-13-22-23(16-32)39-28(24(22)29(36)37-2)31-27(35)25(18-7-4-3-5-8-18)38-21-10-6-9-20(15-21)30-26(34)19-11-12-19/h3-10,15,19,25H,11-14,16H2,1-2H3,(H,30,34)(H,31,35). The number of rotatable bonds is 8. The molecule has 1 atom stereocenters. The Morgan fingerprint density at radius 1 is 1.05 bits per heavy atom. The molecule has 1 aromatic heterocycles. The van der Waals surface area contributed by atoms with Gasteiger partial charge in [0.1, 0.15) is 10.3 Å². The number of esters is 1. The molecule has 10 heteroatoms. The number of carbonyl (C=O) groups is 4. The van der Waals surface area contributed by atoms with Gasteiger partial charge in [0.05, 0.1) is 19.2 Å². The van der Waals surface area contributed by atoms with Crippen LogP contribution in [0, 0.1) is 5.92 Å². The minimum atomic E-state index is -0.626. The molecule has 2 aromatic carbocycles. The summed E-state index contributed by atoms with van der Waals surface area (Å²) in [6.07, 6.45) is 2.36. The van der Waals surface area contributed by atoms with Crippen LogP contribution in [0.1, 0.15) is 51.4 Å². The van der Waals surface area contributed by atoms with Gasteiger partial charge in [0.15, 0.2) is 0 Å². The van der Waals surface area contributed by atoms with E-state index in [1.807, 2.05) is 54.6 Å². The first-order valence-corrected chi connectivity index (χ1v) is 14.5. The minimum Gasteiger partial charge on any atom is -0.465 e. The van der Waals surface area contributed by atoms with Gasteiger partial charge in [0, 0.05) is 34.8 Å². The van der Waals surface area contributed by atoms with E-state index in [9.17, 15) is 19.2 Å². The number of methoxy groups -OCH3 is 1. The van der Waals surface area contributed by atoms with Gasteiger partial charge in [-0.3, -0.25) is 14.4 Å². The summed E-state index contributed by atoms with van der Waals surface area (Å²) in [5.74, 6) is -0.717. The molecule has 202 valence electrons. The summed E-state index contributed by atoms with van der Waals surface area (Å²) in [5.41, 5.74) is 2.67. The number of anilines is 2. The smallest absolute Gasteiger partial charge is 0.341 e. The maximum Gasteiger partial charge on any atom is 0.341 e. The van der Waals surface area contributed by atoms with E-state index in [0.29, 0.717) is 35.8 Å². The normalized spacial score (nSPS) is 15.2. The quantitative estimate of drug-likeness (QED) is 0.286. The predicted octanol–water partition coefficient (Wildman–Crippen LogP) is 5.26. The highest BCUT2D eigenvalue weighted by atomic mass is 32.2. The van der Waals surface area contributed by atoms with Crippen LogP contribution in [0.25, 0.3) is 0 Å². The highest BCUT2D eigenvalue weighted by molar-refractivity contribution is 8.00. The molecular weight excluding hydrogens is 534 g/mol. The Balaban J connectivity index is 1.42. The van der Waals surface area contributed by atoms with Gasteiger partial charge in [0.2, 0.25) is 17.7 Å². The van der Waals surface area contributed by atoms with Gasteiger partial charge in [-0.15, -0.1) is 23.1 Å². The molecule has 39 heavy (non-hydrogen) atoms. The first-order valence-electron chi connectivity index (χ1n) is 12.8. The van der Waals surface area contributed by atoms with Crippen LogP contribution in [-0.2, 0) is 32.1 Å². The molecule has 1 unspecified atom stereocenters. The maximum atomic E-state index is 13.8. The zero-order valence-corrected chi connectivity index (χ0v) is 23.3. The minimum absolute atomic E-state index is 0.0230. The van der Waals surface area contributed by atoms with Crippen LogP contribution in [0.3, 0.4) is 0 Å². The molecule has 0 saturated heterocycles. The highest BCUT2D eigenvalue weighted by Crippen LogP contribution is 2.41. The summed E-state index contributed by atoms with van der Waals surface area (Å²) < 4.78 is 5.06. The number of thiophene rings is 1. The largest absolute Gasteiger partial charge is 0.465 e. The first-order chi connectivity index (χ1) is 18.8. The van der Waals surface area contributed by atoms with Crippen molar-refractivity contribution in [3.05, 3.63) is 76.2 Å². The Morgan fingerprint density at radius 3 is 2.51 bits per heavy atom. The summed E-state index contributed by atoms with van der Waals surface area (Å²) in [5, 5.41) is 5.76. The van der Waals surface area contributed by atoms with Gasteiger partial charge in [-0.2, -0.15) is 0 Å². The van der Waals surface area contributed by atoms with Crippen molar-refractivity contribution in [3.8, 4) is 0 Å². The van der Waals surface area contributed by atoms with Crippen LogP contribution < -0.4 is 10.6 Å². The molecular formula is C29H29N3O5S2. The van der Waals surface area contributed by atoms with Gasteiger partial charge in [-0.25, -0.2) is 4.79 Å². The van der Waals surface area contributed by atoms with E-state index in [-0.39, 0.29) is 23.6 Å². The second kappa shape index (κ2) is 11.6. The number of nitrogens with one attached hydrogen (secondary N) is 2. The molecule has 1 aliphatic carbocycles. The van der Waals surface area contributed by atoms with Crippen molar-refractivity contribution in [1.82, 2.24) is 4.90 Å². The molecule has 1 saturated carbocycles. The summed E-state index contributed by atoms with van der Waals surface area (Å²) in [6, 6.07) is 16.9. The van der Waals surface area contributed by atoms with Crippen LogP contribution in [0.2, 0.25) is 0 Å². The van der Waals surface area contributed by atoms with Gasteiger partial charge in [0.25, 0.3) is 0 Å². The Morgan fingerprint density at radius 2 is 1.82 bits per heavy atom. The fourth-order valence-corrected chi connectivity index (χ4v) is 6.87. The van der Waals surface area contributed by atoms with Crippen molar-refractivity contribution in [3.63, 3.8) is 0 Å². The van der Waals surface area contributed by atoms with Crippen molar-refractivity contribution in [2.75, 3.05) is 24.3 Å². The lowest BCUT2D eigenvalue weighted by molar-refractivity contribution is -0.129. The third-order valence-electron chi connectivity index (χ3n) is 6.77. The van der Waals surface area contributed by atoms with Crippen molar-refractivity contribution >= 4 is 57.5 Å². The average molecular weight is 564 g/mol. The van der Waals surface area contributed by atoms with Crippen molar-refractivity contribution in [2.45, 2.75) is 42.9 Å². The van der Waals surface area contributed by atoms with Crippen molar-refractivity contribution in [2.24, 2.45) is 5.92 Å². The fourth-order valence-electron chi connectivity index (χ4n) is 4.53. The molecule has 0 spiro atoms. The maximum absolute atomic E-state index is 13.8. The van der Waals surface area contributed by atoms with E-state index in [1.54, 1.807) is 4.90 Å². The monoisotopic (exact) mass is 563 g/mol. The van der Waals surface area contributed by atoms with E-state index in [2.05, 4.69) is 10.6 Å². The molecule has 0 radical (unpaired) electrons. The molecule has 1 aliphatic heterocycles. The molecule has 2 heterocycles. The first kappa shape index (κ1) is 27.0. The second-order valence-corrected chi connectivity index (χ2v) is 11.9. The Kier molecular flexibility index (Phi) is 8.04. The van der Waals surface area contributed by atoms with E-state index in [4.69, 9.17) is 4.74 Å². The Bertz CT molecular complexity index is 1420. The molecule has 1 fully saturated rings. The number of carbonyl (C=O) groups excluding carboxylic acids is 4. The summed E-state index contributed by atoms with van der Waals surface area (Å²) in [4.78, 5) is 54.2. The SMILES string of the molecule is COC(=O)c1c(NC(=O)C(Sc2cccc(NC(=O)C3CC3)c2)c2ccccc2)sc2c1CCN(C(C)=O)C2. The number of nitrogens with zero attached hydrogens (tertiary/aromatic N) is 1. The van der Waals surface area contributed by atoms with E-state index in [1.165, 1.54) is 37.1 Å². The van der Waals surface area contributed by atoms with Gasteiger partial charge < -0.3 is 20.3 Å². The number of fused-ring (bicyclic) bond motifs is 1. The van der Waals surface area contributed by atoms with Gasteiger partial charge >= 0.3 is 5.97 Å². The van der Waals surface area contributed by atoms with E-state index < -0.39 is 11.2 Å². The lowest BCUT2D eigenvalue weighted by Crippen LogP contribution is -2.33. The average Bonchev–Trinajstić information content (AvgIpc) is 3.73. The molecule has 2 aliphatic rings. The van der Waals surface area contributed by atoms with Crippen LogP contribution in [-0.4, -0.2) is 42.2 Å². The van der Waals surface area contributed by atoms with Crippen molar-refractivity contribution < 1.29 is 23.9 Å². The second-order valence-electron chi connectivity index (χ2n) is 9.58. The van der Waals surface area contributed by atoms with E-state index >= 15 is 0 Å². The zero-order valence-electron chi connectivity index (χ0n) is 21.7. The molecule has 3 amide bonds. The Hall–Kier alpha value is -3.63. The number of ether oxygens (including phenoxy) is 1. The number of amides is 3. The Labute approximate surface area is 235 Å². The molecule has 0 bridgehead atoms. The fraction of sp³-hybridized carbons (Fsp3) is 0.310. The van der Waals surface area contributed by atoms with E-state index in [0.717, 1.165) is 33.7 Å². The van der Waals surface area contributed by atoms with Crippen LogP contribution in [0.4, 0.5) is 10.7 Å². The van der Waals surface area contributed by atoms with Crippen LogP contribution in [0.15, 0.2) is 59.5 Å². The lowest BCUT2D eigenvalue weighted by Gasteiger charge is -2.25. The third kappa shape index (κ3) is 6.17. The molecule has 2 N–H and O–H groups in total. The lowest BCUT2D eigenvalue weighted by atomic mass is 10.0. The number of thioether (sulfide) groups is 1. The van der Waals surface area contributed by atoms with Crippen LogP contribution in [0.5, 0.6) is 0 Å². The topological polar surface area (TPSA) is 105 Å². The number of hydrogen-bond donors (Lipinski definition) is 2. The molecule has 8 nitrogen and oxygen atoms in total. The third-order valence-corrected chi connectivity index (χ3v) is 9.15. The number of hydrogen-bond acceptors (Lipinski definition) is 7. The van der Waals surface area contributed by atoms with Gasteiger partial charge in [-0.1, -0.05) is 36.4 Å². The number of benzene rings is 2. The zero-order chi connectivity index (χ0) is 27.5. The predicted molar refractivity (Wildman–Crippen MR) is 152 cm³/mol. The van der Waals surface area contributed by atoms with Gasteiger partial charge in [-0.05, 0) is 48.6 Å². The summed E-state index contributed by atoms with van der Waals surface area (Å²) in [6.45, 7) is 2.43. The highest BCUT2D eigenvalue weighted by Gasteiger charge is 2.32. The van der Waals surface area contributed by atoms with Crippen molar-refractivity contribution in [1.29, 1.82) is 0 Å². The molecule has 3 aromatic rings. The summed E-state index contributed by atoms with van der Waals surface area (Å²) >= 11 is 2.67. The summed E-state index contributed by atoms with van der Waals surface area (Å²) in [7, 11) is 1.32.